The molecule has 0 fully saturated rings. The van der Waals surface area contributed by atoms with Crippen LogP contribution in [0.3, 0.4) is 0 Å². The third-order valence-corrected chi connectivity index (χ3v) is 33.8. The van der Waals surface area contributed by atoms with E-state index in [9.17, 15) is 0 Å². The first-order valence-corrected chi connectivity index (χ1v) is 51.9. The fourth-order valence-corrected chi connectivity index (χ4v) is 25.5. The monoisotopic (exact) mass is 1870 g/mol. The van der Waals surface area contributed by atoms with Crippen LogP contribution in [0, 0.1) is 0 Å². The van der Waals surface area contributed by atoms with E-state index in [1.807, 2.05) is 0 Å². The Morgan fingerprint density at radius 3 is 0.418 bits per heavy atom. The number of anilines is 6. The van der Waals surface area contributed by atoms with Crippen LogP contribution in [0.25, 0.3) is 167 Å². The molecule has 0 N–H and O–H groups in total. The highest BCUT2D eigenvalue weighted by Gasteiger charge is 2.45. The second-order valence-corrected chi connectivity index (χ2v) is 44.3. The van der Waals surface area contributed by atoms with Crippen molar-refractivity contribution in [3.05, 3.63) is 540 Å². The zero-order valence-electron chi connectivity index (χ0n) is 84.9. The predicted octanol–water partition coefficient (Wildman–Crippen LogP) is 39.2. The Balaban J connectivity index is 0.000000149. The number of hydrogen-bond donors (Lipinski definition) is 0. The highest BCUT2D eigenvalue weighted by atomic mass is 15.1. The number of fused-ring (bicyclic) bond motifs is 18. The van der Waals surface area contributed by atoms with Gasteiger partial charge in [-0.3, -0.25) is 0 Å². The van der Waals surface area contributed by atoms with Gasteiger partial charge in [-0.05, 0) is 337 Å². The molecule has 0 bridgehead atoms. The molecule has 21 aromatic rings. The molecule has 0 heterocycles. The lowest BCUT2D eigenvalue weighted by Crippen LogP contribution is -2.19. The summed E-state index contributed by atoms with van der Waals surface area (Å²) in [7, 11) is 0. The van der Waals surface area contributed by atoms with E-state index in [2.05, 4.69) is 566 Å². The van der Waals surface area contributed by atoms with Crippen molar-refractivity contribution in [3.8, 4) is 167 Å². The lowest BCUT2D eigenvalue weighted by atomic mass is 9.81. The summed E-state index contributed by atoms with van der Waals surface area (Å²) < 4.78 is 0. The lowest BCUT2D eigenvalue weighted by molar-refractivity contribution is 0.659. The molecule has 0 aliphatic heterocycles. The Labute approximate surface area is 860 Å². The van der Waals surface area contributed by atoms with Gasteiger partial charge in [0.2, 0.25) is 0 Å². The normalized spacial score (nSPS) is 14.6. The minimum absolute atomic E-state index is 0.126. The molecule has 0 saturated heterocycles. The van der Waals surface area contributed by atoms with Crippen molar-refractivity contribution in [2.75, 3.05) is 9.80 Å². The van der Waals surface area contributed by atoms with Crippen molar-refractivity contribution < 1.29 is 0 Å². The van der Waals surface area contributed by atoms with E-state index in [1.54, 1.807) is 0 Å². The van der Waals surface area contributed by atoms with Crippen LogP contribution in [0.5, 0.6) is 0 Å². The van der Waals surface area contributed by atoms with Gasteiger partial charge in [-0.2, -0.15) is 0 Å². The van der Waals surface area contributed by atoms with Gasteiger partial charge >= 0.3 is 0 Å². The topological polar surface area (TPSA) is 6.48 Å². The Morgan fingerprint density at radius 2 is 0.226 bits per heavy atom. The van der Waals surface area contributed by atoms with Crippen molar-refractivity contribution in [1.29, 1.82) is 0 Å². The quantitative estimate of drug-likeness (QED) is 0.101. The molecular formula is C144H114N2. The first kappa shape index (κ1) is 89.3. The van der Waals surface area contributed by atoms with Crippen LogP contribution in [-0.2, 0) is 32.5 Å². The largest absolute Gasteiger partial charge is 0.310 e. The van der Waals surface area contributed by atoms with Crippen LogP contribution in [-0.4, -0.2) is 0 Å². The Bertz CT molecular complexity index is 8670. The maximum Gasteiger partial charge on any atom is 0.0465 e. The van der Waals surface area contributed by atoms with Gasteiger partial charge < -0.3 is 9.80 Å². The molecule has 0 radical (unpaired) electrons. The molecule has 0 unspecified atom stereocenters. The standard InChI is InChI=1S/C75H59N.C69H55N/c1-73(2)67-42-55(49-18-12-8-13-19-49)30-36-61(67)64-39-33-58(45-70(64)73)76(59-34-40-65-62-37-31-56(50-20-14-9-15-21-50)43-68(62)74(3,4)71(65)46-59)60-35-41-66-63-38-32-57(44-69(63)75(5,6)72(66)47-60)54-28-26-53(27-29-54)52-24-22-51(23-25-52)48-16-10-7-11-17-48;1-67(2)61-20-14-13-19-55(61)58-36-31-52(41-64(58)67)70(53-32-37-59-56-34-29-50(45-17-11-8-12-18-45)39-62(56)68(3,4)65(59)42-53)54-33-38-60-57-35-30-51(40-63(57)69(5,6)66(60)43-54)49-27-25-48(26-28-49)47-23-21-46(22-24-47)44-15-9-7-10-16-44/h7-47H,1-6H3;7-43H,1-6H3. The smallest absolute Gasteiger partial charge is 0.0465 e. The van der Waals surface area contributed by atoms with Crippen LogP contribution in [0.2, 0.25) is 0 Å². The molecule has 0 amide bonds. The summed E-state index contributed by atoms with van der Waals surface area (Å²) in [6.45, 7) is 28.8. The van der Waals surface area contributed by atoms with Crippen molar-refractivity contribution in [3.63, 3.8) is 0 Å². The van der Waals surface area contributed by atoms with Crippen LogP contribution < -0.4 is 9.80 Å². The minimum Gasteiger partial charge on any atom is -0.310 e. The lowest BCUT2D eigenvalue weighted by Gasteiger charge is -2.31. The van der Waals surface area contributed by atoms with Crippen molar-refractivity contribution in [2.24, 2.45) is 0 Å². The summed E-state index contributed by atoms with van der Waals surface area (Å²) in [6.07, 6.45) is 0. The summed E-state index contributed by atoms with van der Waals surface area (Å²) in [5, 5.41) is 0. The van der Waals surface area contributed by atoms with Gasteiger partial charge in [-0.15, -0.1) is 0 Å². The molecule has 700 valence electrons. The van der Waals surface area contributed by atoms with Gasteiger partial charge in [0.1, 0.15) is 0 Å². The van der Waals surface area contributed by atoms with Gasteiger partial charge in [0, 0.05) is 66.6 Å². The van der Waals surface area contributed by atoms with Crippen molar-refractivity contribution in [2.45, 2.75) is 116 Å². The van der Waals surface area contributed by atoms with Gasteiger partial charge in [0.15, 0.2) is 0 Å². The number of rotatable bonds is 15. The molecule has 21 aromatic carbocycles. The second kappa shape index (κ2) is 34.0. The third kappa shape index (κ3) is 14.6. The number of nitrogens with zero attached hydrogens (tertiary/aromatic N) is 2. The third-order valence-electron chi connectivity index (χ3n) is 33.8. The maximum atomic E-state index is 2.53. The van der Waals surface area contributed by atoms with Crippen LogP contribution >= 0.6 is 0 Å². The van der Waals surface area contributed by atoms with E-state index in [1.165, 1.54) is 251 Å². The van der Waals surface area contributed by atoms with Gasteiger partial charge in [-0.1, -0.05) is 453 Å². The molecule has 6 aliphatic carbocycles. The summed E-state index contributed by atoms with van der Waals surface area (Å²) >= 11 is 0. The molecular weight excluding hydrogens is 1760 g/mol. The predicted molar refractivity (Wildman–Crippen MR) is 617 cm³/mol. The molecule has 2 heteroatoms. The zero-order chi connectivity index (χ0) is 99.0. The summed E-state index contributed by atoms with van der Waals surface area (Å²) in [5.74, 6) is 0. The van der Waals surface area contributed by atoms with Crippen molar-refractivity contribution in [1.82, 2.24) is 0 Å². The first-order valence-electron chi connectivity index (χ1n) is 51.9. The van der Waals surface area contributed by atoms with Crippen LogP contribution in [0.4, 0.5) is 34.1 Å². The molecule has 146 heavy (non-hydrogen) atoms. The summed E-state index contributed by atoms with van der Waals surface area (Å²) in [6, 6.07) is 177. The molecule has 6 aliphatic rings. The fourth-order valence-electron chi connectivity index (χ4n) is 25.5. The molecule has 0 saturated carbocycles. The molecule has 27 rings (SSSR count). The first-order chi connectivity index (χ1) is 70.9. The van der Waals surface area contributed by atoms with E-state index in [0.29, 0.717) is 0 Å². The van der Waals surface area contributed by atoms with Crippen molar-refractivity contribution >= 4 is 34.1 Å². The Hall–Kier alpha value is -16.8. The minimum atomic E-state index is -0.237. The van der Waals surface area contributed by atoms with Gasteiger partial charge in [0.05, 0.1) is 0 Å². The Morgan fingerprint density at radius 1 is 0.103 bits per heavy atom. The second-order valence-electron chi connectivity index (χ2n) is 44.3. The van der Waals surface area contributed by atoms with Crippen LogP contribution in [0.1, 0.15) is 150 Å². The highest BCUT2D eigenvalue weighted by molar-refractivity contribution is 5.97. The SMILES string of the molecule is CC1(C)c2cc(-c3ccccc3)ccc2-c2ccc(N(c3ccc4c(c3)C(C)(C)c3cc(-c5ccccc5)ccc3-4)c3ccc4c(c3)C(C)(C)c3cc(-c5ccc(-c6ccc(-c7ccccc7)cc6)cc5)ccc3-4)cc21.CC1(C)c2ccccc2-c2ccc(N(c3ccc4c(c3)C(C)(C)c3cc(-c5ccccc5)ccc3-4)c3ccc4c(c3)C(C)(C)c3cc(-c5ccc(-c6ccc(-c7ccccc7)cc6)cc5)ccc3-4)cc21. The van der Waals surface area contributed by atoms with Gasteiger partial charge in [-0.25, -0.2) is 0 Å². The molecule has 2 nitrogen and oxygen atoms in total. The average Bonchev–Trinajstić information content (AvgIpc) is 1.56. The maximum absolute atomic E-state index is 2.53. The highest BCUT2D eigenvalue weighted by Crippen LogP contribution is 2.61. The van der Waals surface area contributed by atoms with Gasteiger partial charge in [0.25, 0.3) is 0 Å². The van der Waals surface area contributed by atoms with Crippen LogP contribution in [0.15, 0.2) is 473 Å². The number of benzene rings is 21. The summed E-state index contributed by atoms with van der Waals surface area (Å²) in [5.41, 5.74) is 60.3. The molecule has 0 atom stereocenters. The van der Waals surface area contributed by atoms with E-state index in [-0.39, 0.29) is 32.5 Å². The van der Waals surface area contributed by atoms with E-state index < -0.39 is 0 Å². The fraction of sp³-hybridized carbons (Fsp3) is 0.125. The van der Waals surface area contributed by atoms with E-state index in [4.69, 9.17) is 0 Å². The number of hydrogen-bond acceptors (Lipinski definition) is 2. The summed E-state index contributed by atoms with van der Waals surface area (Å²) in [4.78, 5) is 5.06. The average molecular weight is 1870 g/mol. The molecule has 0 aromatic heterocycles. The zero-order valence-corrected chi connectivity index (χ0v) is 84.9. The molecule has 0 spiro atoms. The van der Waals surface area contributed by atoms with E-state index in [0.717, 1.165) is 17.1 Å². The Kier molecular flexibility index (Phi) is 20.8. The van der Waals surface area contributed by atoms with E-state index >= 15 is 0 Å².